The summed E-state index contributed by atoms with van der Waals surface area (Å²) in [7, 11) is 3.05. The number of hydrogen-bond donors (Lipinski definition) is 3. The Morgan fingerprint density at radius 3 is 2.50 bits per heavy atom. The second-order valence-electron chi connectivity index (χ2n) is 4.10. The number of benzene rings is 1. The maximum Gasteiger partial charge on any atom is 0.335 e. The van der Waals surface area contributed by atoms with Gasteiger partial charge in [-0.15, -0.1) is 0 Å². The van der Waals surface area contributed by atoms with Gasteiger partial charge in [-0.05, 0) is 18.2 Å². The normalized spacial score (nSPS) is 9.75. The molecule has 7 nitrogen and oxygen atoms in total. The van der Waals surface area contributed by atoms with E-state index in [4.69, 9.17) is 5.11 Å². The molecule has 20 heavy (non-hydrogen) atoms. The largest absolute Gasteiger partial charge is 0.478 e. The first kappa shape index (κ1) is 15.4. The van der Waals surface area contributed by atoms with Crippen molar-refractivity contribution in [2.45, 2.75) is 0 Å². The number of likely N-dealkylation sites (N-methyl/N-ethyl adjacent to an activating group) is 1. The highest BCUT2D eigenvalue weighted by Crippen LogP contribution is 2.16. The van der Waals surface area contributed by atoms with Crippen molar-refractivity contribution in [3.63, 3.8) is 0 Å². The summed E-state index contributed by atoms with van der Waals surface area (Å²) >= 11 is 0. The minimum Gasteiger partial charge on any atom is -0.478 e. The fourth-order valence-electron chi connectivity index (χ4n) is 1.23. The first-order valence-electron chi connectivity index (χ1n) is 5.59. The molecule has 0 saturated heterocycles. The third kappa shape index (κ3) is 4.23. The van der Waals surface area contributed by atoms with Crippen molar-refractivity contribution < 1.29 is 23.9 Å². The summed E-state index contributed by atoms with van der Waals surface area (Å²) in [5.74, 6) is -2.35. The molecule has 0 aliphatic heterocycles. The van der Waals surface area contributed by atoms with E-state index in [0.717, 1.165) is 18.2 Å². The van der Waals surface area contributed by atoms with Crippen molar-refractivity contribution in [1.82, 2.24) is 10.2 Å². The van der Waals surface area contributed by atoms with Crippen molar-refractivity contribution in [3.05, 3.63) is 29.6 Å². The zero-order chi connectivity index (χ0) is 15.3. The Bertz CT molecular complexity index is 546. The smallest absolute Gasteiger partial charge is 0.335 e. The number of rotatable bonds is 4. The molecule has 0 radical (unpaired) electrons. The van der Waals surface area contributed by atoms with Crippen molar-refractivity contribution in [2.24, 2.45) is 0 Å². The van der Waals surface area contributed by atoms with E-state index >= 15 is 0 Å². The molecular formula is C12H14FN3O4. The lowest BCUT2D eigenvalue weighted by Gasteiger charge is -2.12. The van der Waals surface area contributed by atoms with E-state index in [0.29, 0.717) is 0 Å². The maximum atomic E-state index is 13.4. The number of nitrogens with one attached hydrogen (secondary N) is 2. The van der Waals surface area contributed by atoms with Crippen LogP contribution in [0.15, 0.2) is 18.2 Å². The molecule has 0 fully saturated rings. The monoisotopic (exact) mass is 283 g/mol. The molecular weight excluding hydrogens is 269 g/mol. The number of carbonyl (C=O) groups excluding carboxylic acids is 2. The number of halogens is 1. The lowest BCUT2D eigenvalue weighted by atomic mass is 10.2. The van der Waals surface area contributed by atoms with Gasteiger partial charge in [-0.3, -0.25) is 4.79 Å². The van der Waals surface area contributed by atoms with Gasteiger partial charge in [-0.1, -0.05) is 0 Å². The van der Waals surface area contributed by atoms with Gasteiger partial charge in [-0.25, -0.2) is 14.0 Å². The van der Waals surface area contributed by atoms with Gasteiger partial charge in [0.15, 0.2) is 0 Å². The Kier molecular flexibility index (Phi) is 5.01. The van der Waals surface area contributed by atoms with Crippen LogP contribution in [-0.4, -0.2) is 48.6 Å². The molecule has 1 rings (SSSR count). The van der Waals surface area contributed by atoms with Gasteiger partial charge in [0.1, 0.15) is 5.82 Å². The maximum absolute atomic E-state index is 13.4. The molecule has 3 N–H and O–H groups in total. The molecule has 0 heterocycles. The van der Waals surface area contributed by atoms with Crippen molar-refractivity contribution in [1.29, 1.82) is 0 Å². The van der Waals surface area contributed by atoms with E-state index in [9.17, 15) is 18.8 Å². The minimum atomic E-state index is -1.24. The minimum absolute atomic E-state index is 0.161. The van der Waals surface area contributed by atoms with Crippen LogP contribution in [0.5, 0.6) is 0 Å². The molecule has 0 spiro atoms. The highest BCUT2D eigenvalue weighted by molar-refractivity contribution is 5.94. The average Bonchev–Trinajstić information content (AvgIpc) is 2.38. The fourth-order valence-corrected chi connectivity index (χ4v) is 1.23. The quantitative estimate of drug-likeness (QED) is 0.758. The Hall–Kier alpha value is -2.64. The summed E-state index contributed by atoms with van der Waals surface area (Å²) in [6.45, 7) is -0.251. The van der Waals surface area contributed by atoms with E-state index in [2.05, 4.69) is 10.6 Å². The zero-order valence-corrected chi connectivity index (χ0v) is 10.9. The summed E-state index contributed by atoms with van der Waals surface area (Å²) < 4.78 is 13.4. The molecule has 0 atom stereocenters. The standard InChI is InChI=1S/C12H14FN3O4/c1-16(2)10(17)6-14-12(20)15-9-5-7(11(18)19)3-4-8(9)13/h3-5H,6H2,1-2H3,(H,18,19)(H2,14,15,20). The van der Waals surface area contributed by atoms with Crippen LogP contribution < -0.4 is 10.6 Å². The van der Waals surface area contributed by atoms with Gasteiger partial charge < -0.3 is 20.6 Å². The average molecular weight is 283 g/mol. The molecule has 0 aliphatic rings. The van der Waals surface area contributed by atoms with Gasteiger partial charge in [0.2, 0.25) is 5.91 Å². The Morgan fingerprint density at radius 2 is 1.95 bits per heavy atom. The Labute approximate surface area is 114 Å². The number of carboxylic acids is 1. The summed E-state index contributed by atoms with van der Waals surface area (Å²) in [5, 5.41) is 13.1. The lowest BCUT2D eigenvalue weighted by Crippen LogP contribution is -2.38. The van der Waals surface area contributed by atoms with Crippen LogP contribution in [0.2, 0.25) is 0 Å². The number of urea groups is 1. The van der Waals surface area contributed by atoms with Gasteiger partial charge in [0.25, 0.3) is 0 Å². The van der Waals surface area contributed by atoms with Crippen LogP contribution >= 0.6 is 0 Å². The first-order chi connectivity index (χ1) is 9.31. The van der Waals surface area contributed by atoms with Crippen LogP contribution in [0.25, 0.3) is 0 Å². The number of anilines is 1. The second-order valence-corrected chi connectivity index (χ2v) is 4.10. The number of aromatic carboxylic acids is 1. The number of hydrogen-bond acceptors (Lipinski definition) is 3. The third-order valence-corrected chi connectivity index (χ3v) is 2.36. The van der Waals surface area contributed by atoms with E-state index in [-0.39, 0.29) is 23.7 Å². The van der Waals surface area contributed by atoms with Crippen LogP contribution in [-0.2, 0) is 4.79 Å². The van der Waals surface area contributed by atoms with E-state index < -0.39 is 17.8 Å². The van der Waals surface area contributed by atoms with Crippen LogP contribution in [0, 0.1) is 5.82 Å². The van der Waals surface area contributed by atoms with Crippen molar-refractivity contribution in [3.8, 4) is 0 Å². The van der Waals surface area contributed by atoms with Gasteiger partial charge in [0.05, 0.1) is 17.8 Å². The highest BCUT2D eigenvalue weighted by atomic mass is 19.1. The zero-order valence-electron chi connectivity index (χ0n) is 10.9. The van der Waals surface area contributed by atoms with Crippen LogP contribution in [0.4, 0.5) is 14.9 Å². The number of nitrogens with zero attached hydrogens (tertiary/aromatic N) is 1. The van der Waals surface area contributed by atoms with Crippen LogP contribution in [0.1, 0.15) is 10.4 Å². The predicted octanol–water partition coefficient (Wildman–Crippen LogP) is 0.734. The van der Waals surface area contributed by atoms with Crippen molar-refractivity contribution in [2.75, 3.05) is 26.0 Å². The molecule has 108 valence electrons. The van der Waals surface area contributed by atoms with Gasteiger partial charge >= 0.3 is 12.0 Å². The van der Waals surface area contributed by atoms with Gasteiger partial charge in [0, 0.05) is 14.1 Å². The van der Waals surface area contributed by atoms with Crippen LogP contribution in [0.3, 0.4) is 0 Å². The molecule has 3 amide bonds. The molecule has 0 bridgehead atoms. The first-order valence-corrected chi connectivity index (χ1v) is 5.59. The summed E-state index contributed by atoms with van der Waals surface area (Å²) in [6.07, 6.45) is 0. The molecule has 0 saturated carbocycles. The summed E-state index contributed by atoms with van der Waals surface area (Å²) in [5.41, 5.74) is -0.439. The number of carboxylic acid groups (broad SMARTS) is 1. The molecule has 1 aromatic carbocycles. The summed E-state index contributed by atoms with van der Waals surface area (Å²) in [6, 6.07) is 2.20. The van der Waals surface area contributed by atoms with E-state index in [1.165, 1.54) is 19.0 Å². The SMILES string of the molecule is CN(C)C(=O)CNC(=O)Nc1cc(C(=O)O)ccc1F. The predicted molar refractivity (Wildman–Crippen MR) is 69.1 cm³/mol. The number of amides is 3. The van der Waals surface area contributed by atoms with Gasteiger partial charge in [-0.2, -0.15) is 0 Å². The van der Waals surface area contributed by atoms with E-state index in [1.807, 2.05) is 0 Å². The fraction of sp³-hybridized carbons (Fsp3) is 0.250. The molecule has 0 aliphatic carbocycles. The highest BCUT2D eigenvalue weighted by Gasteiger charge is 2.12. The Morgan fingerprint density at radius 1 is 1.30 bits per heavy atom. The molecule has 0 aromatic heterocycles. The molecule has 8 heteroatoms. The second kappa shape index (κ2) is 6.50. The summed E-state index contributed by atoms with van der Waals surface area (Å²) in [4.78, 5) is 34.7. The van der Waals surface area contributed by atoms with Crippen molar-refractivity contribution >= 4 is 23.6 Å². The Balaban J connectivity index is 2.68. The molecule has 0 unspecified atom stereocenters. The number of carbonyl (C=O) groups is 3. The third-order valence-electron chi connectivity index (χ3n) is 2.36. The van der Waals surface area contributed by atoms with E-state index in [1.54, 1.807) is 0 Å². The topological polar surface area (TPSA) is 98.7 Å². The molecule has 1 aromatic rings. The lowest BCUT2D eigenvalue weighted by molar-refractivity contribution is -0.127.